The molecule has 170 valence electrons. The molecule has 5 aromatic rings. The van der Waals surface area contributed by atoms with Crippen LogP contribution in [0.5, 0.6) is 0 Å². The van der Waals surface area contributed by atoms with Crippen molar-refractivity contribution in [3.8, 4) is 11.3 Å². The van der Waals surface area contributed by atoms with Gasteiger partial charge in [0, 0.05) is 38.6 Å². The van der Waals surface area contributed by atoms with Gasteiger partial charge in [0.2, 0.25) is 5.78 Å². The lowest BCUT2D eigenvalue weighted by atomic mass is 9.84. The normalized spacial score (nSPS) is 14.6. The van der Waals surface area contributed by atoms with Gasteiger partial charge >= 0.3 is 0 Å². The summed E-state index contributed by atoms with van der Waals surface area (Å²) in [6, 6.07) is 25.0. The smallest absolute Gasteiger partial charge is 0.217 e. The number of H-pyrrole nitrogens is 2. The Kier molecular flexibility index (Phi) is 5.03. The maximum absolute atomic E-state index is 14.2. The Morgan fingerprint density at radius 1 is 0.600 bits per heavy atom. The second kappa shape index (κ2) is 8.12. The fraction of sp³-hybridized carbons (Fsp3) is 0.0345. The van der Waals surface area contributed by atoms with Gasteiger partial charge in [-0.25, -0.2) is 0 Å². The van der Waals surface area contributed by atoms with Gasteiger partial charge in [0.05, 0.1) is 16.8 Å². The molecule has 6 heteroatoms. The number of rotatable bonds is 3. The van der Waals surface area contributed by atoms with Crippen LogP contribution in [0.15, 0.2) is 88.9 Å². The quantitative estimate of drug-likeness (QED) is 0.256. The molecule has 0 saturated carbocycles. The standard InChI is InChI=1S/C29H18Cl2N2O2/c1-15-21(17-11-5-7-13-19(17)32-15)23-25(30)29(35)26(31)24(28(23)34)22-18-12-6-8-14-20(18)33-27(22)16-9-3-2-4-10-16/h2-14,32-33H,1H3. The van der Waals surface area contributed by atoms with Gasteiger partial charge in [0.25, 0.3) is 0 Å². The molecule has 2 aromatic heterocycles. The number of ketones is 2. The highest BCUT2D eigenvalue weighted by atomic mass is 35.5. The number of aromatic nitrogens is 2. The molecule has 0 bridgehead atoms. The van der Waals surface area contributed by atoms with Crippen LogP contribution in [-0.4, -0.2) is 21.5 Å². The van der Waals surface area contributed by atoms with Crippen molar-refractivity contribution in [1.82, 2.24) is 9.97 Å². The van der Waals surface area contributed by atoms with E-state index in [9.17, 15) is 9.59 Å². The molecule has 0 saturated heterocycles. The zero-order valence-electron chi connectivity index (χ0n) is 18.6. The van der Waals surface area contributed by atoms with E-state index in [2.05, 4.69) is 9.97 Å². The minimum absolute atomic E-state index is 0.150. The van der Waals surface area contributed by atoms with Crippen LogP contribution in [0.1, 0.15) is 16.8 Å². The number of aryl methyl sites for hydroxylation is 1. The molecule has 0 aliphatic heterocycles. The third-order valence-electron chi connectivity index (χ3n) is 6.45. The van der Waals surface area contributed by atoms with Gasteiger partial charge in [-0.05, 0) is 24.6 Å². The Hall–Kier alpha value is -3.86. The van der Waals surface area contributed by atoms with Crippen LogP contribution >= 0.6 is 23.2 Å². The van der Waals surface area contributed by atoms with E-state index in [0.717, 1.165) is 33.1 Å². The van der Waals surface area contributed by atoms with Gasteiger partial charge in [-0.15, -0.1) is 0 Å². The van der Waals surface area contributed by atoms with E-state index in [-0.39, 0.29) is 27.0 Å². The molecule has 0 fully saturated rings. The van der Waals surface area contributed by atoms with Crippen LogP contribution in [0.3, 0.4) is 0 Å². The number of fused-ring (bicyclic) bond motifs is 2. The summed E-state index contributed by atoms with van der Waals surface area (Å²) in [5, 5.41) is 1.27. The van der Waals surface area contributed by atoms with Gasteiger partial charge in [-0.1, -0.05) is 89.9 Å². The van der Waals surface area contributed by atoms with E-state index in [1.807, 2.05) is 85.8 Å². The van der Waals surface area contributed by atoms with Crippen molar-refractivity contribution in [1.29, 1.82) is 0 Å². The number of para-hydroxylation sites is 2. The summed E-state index contributed by atoms with van der Waals surface area (Å²) < 4.78 is 0. The van der Waals surface area contributed by atoms with Gasteiger partial charge in [-0.2, -0.15) is 0 Å². The molecule has 0 radical (unpaired) electrons. The number of Topliss-reactive ketones (excluding diaryl/α,β-unsaturated/α-hetero) is 2. The van der Waals surface area contributed by atoms with Gasteiger partial charge in [0.1, 0.15) is 10.1 Å². The molecular weight excluding hydrogens is 479 g/mol. The van der Waals surface area contributed by atoms with Gasteiger partial charge < -0.3 is 9.97 Å². The Bertz CT molecular complexity index is 1750. The second-order valence-corrected chi connectivity index (χ2v) is 9.25. The first-order chi connectivity index (χ1) is 17.0. The Morgan fingerprint density at radius 2 is 1.11 bits per heavy atom. The van der Waals surface area contributed by atoms with E-state index in [4.69, 9.17) is 23.2 Å². The van der Waals surface area contributed by atoms with Crippen LogP contribution in [0.2, 0.25) is 0 Å². The Morgan fingerprint density at radius 3 is 1.77 bits per heavy atom. The van der Waals surface area contributed by atoms with Crippen molar-refractivity contribution in [2.45, 2.75) is 6.92 Å². The lowest BCUT2D eigenvalue weighted by molar-refractivity contribution is -0.113. The van der Waals surface area contributed by atoms with Gasteiger partial charge in [-0.3, -0.25) is 9.59 Å². The molecule has 2 N–H and O–H groups in total. The van der Waals surface area contributed by atoms with Crippen LogP contribution in [-0.2, 0) is 9.59 Å². The molecular formula is C29H18Cl2N2O2. The Labute approximate surface area is 210 Å². The summed E-state index contributed by atoms with van der Waals surface area (Å²) >= 11 is 13.2. The summed E-state index contributed by atoms with van der Waals surface area (Å²) in [5.41, 5.74) is 5.56. The first-order valence-corrected chi connectivity index (χ1v) is 11.9. The molecule has 4 nitrogen and oxygen atoms in total. The predicted molar refractivity (Wildman–Crippen MR) is 142 cm³/mol. The molecule has 0 unspecified atom stereocenters. The average molecular weight is 497 g/mol. The average Bonchev–Trinajstić information content (AvgIpc) is 3.41. The number of aromatic amines is 2. The SMILES string of the molecule is Cc1[nH]c2ccccc2c1C1=C(Cl)C(=O)C(Cl)=C(c2c(-c3ccccc3)[nH]c3ccccc23)C1=O. The van der Waals surface area contributed by atoms with E-state index in [1.54, 1.807) is 0 Å². The summed E-state index contributed by atoms with van der Waals surface area (Å²) in [6.07, 6.45) is 0. The molecule has 0 atom stereocenters. The van der Waals surface area contributed by atoms with Crippen molar-refractivity contribution in [2.75, 3.05) is 0 Å². The number of hydrogen-bond donors (Lipinski definition) is 2. The molecule has 0 amide bonds. The third-order valence-corrected chi connectivity index (χ3v) is 7.18. The van der Waals surface area contributed by atoms with Crippen LogP contribution < -0.4 is 0 Å². The molecule has 0 spiro atoms. The zero-order valence-corrected chi connectivity index (χ0v) is 20.1. The fourth-order valence-corrected chi connectivity index (χ4v) is 5.51. The number of hydrogen-bond acceptors (Lipinski definition) is 2. The minimum atomic E-state index is -0.563. The predicted octanol–water partition coefficient (Wildman–Crippen LogP) is 7.38. The first kappa shape index (κ1) is 21.7. The maximum Gasteiger partial charge on any atom is 0.217 e. The highest BCUT2D eigenvalue weighted by Crippen LogP contribution is 2.46. The van der Waals surface area contributed by atoms with E-state index in [1.165, 1.54) is 0 Å². The van der Waals surface area contributed by atoms with Gasteiger partial charge in [0.15, 0.2) is 5.78 Å². The zero-order chi connectivity index (χ0) is 24.3. The highest BCUT2D eigenvalue weighted by molar-refractivity contribution is 6.69. The number of benzene rings is 3. The van der Waals surface area contributed by atoms with E-state index < -0.39 is 5.78 Å². The minimum Gasteiger partial charge on any atom is -0.358 e. The maximum atomic E-state index is 14.2. The second-order valence-electron chi connectivity index (χ2n) is 8.49. The first-order valence-electron chi connectivity index (χ1n) is 11.1. The molecule has 6 rings (SSSR count). The summed E-state index contributed by atoms with van der Waals surface area (Å²) in [6.45, 7) is 1.87. The number of nitrogens with one attached hydrogen (secondary N) is 2. The highest BCUT2D eigenvalue weighted by Gasteiger charge is 2.38. The fourth-order valence-electron chi connectivity index (χ4n) is 4.92. The van der Waals surface area contributed by atoms with Crippen molar-refractivity contribution >= 4 is 67.7 Å². The van der Waals surface area contributed by atoms with Crippen molar-refractivity contribution in [3.05, 3.63) is 106 Å². The number of carbonyl (C=O) groups excluding carboxylic acids is 2. The molecule has 35 heavy (non-hydrogen) atoms. The van der Waals surface area contributed by atoms with Crippen LogP contribution in [0.4, 0.5) is 0 Å². The monoisotopic (exact) mass is 496 g/mol. The van der Waals surface area contributed by atoms with Crippen molar-refractivity contribution in [3.63, 3.8) is 0 Å². The molecule has 2 heterocycles. The molecule has 1 aliphatic rings. The third kappa shape index (κ3) is 3.22. The van der Waals surface area contributed by atoms with E-state index in [0.29, 0.717) is 16.8 Å². The summed E-state index contributed by atoms with van der Waals surface area (Å²) in [7, 11) is 0. The number of carbonyl (C=O) groups is 2. The summed E-state index contributed by atoms with van der Waals surface area (Å²) in [4.78, 5) is 34.3. The number of allylic oxidation sites excluding steroid dienone is 4. The van der Waals surface area contributed by atoms with Crippen LogP contribution in [0.25, 0.3) is 44.2 Å². The van der Waals surface area contributed by atoms with Crippen LogP contribution in [0, 0.1) is 6.92 Å². The van der Waals surface area contributed by atoms with Crippen molar-refractivity contribution in [2.24, 2.45) is 0 Å². The largest absolute Gasteiger partial charge is 0.358 e. The number of halogens is 2. The van der Waals surface area contributed by atoms with Crippen molar-refractivity contribution < 1.29 is 9.59 Å². The Balaban J connectivity index is 1.65. The lowest BCUT2D eigenvalue weighted by Crippen LogP contribution is -2.19. The molecule has 1 aliphatic carbocycles. The topological polar surface area (TPSA) is 65.7 Å². The summed E-state index contributed by atoms with van der Waals surface area (Å²) in [5.74, 6) is -0.943. The lowest BCUT2D eigenvalue weighted by Gasteiger charge is -2.20. The van der Waals surface area contributed by atoms with E-state index >= 15 is 0 Å². The molecule has 3 aromatic carbocycles.